The molecule has 0 saturated carbocycles. The molecule has 0 fully saturated rings. The van der Waals surface area contributed by atoms with Crippen LogP contribution in [0.3, 0.4) is 0 Å². The first-order valence-corrected chi connectivity index (χ1v) is 3.09. The molecule has 0 spiro atoms. The second-order valence-electron chi connectivity index (χ2n) is 2.27. The van der Waals surface area contributed by atoms with Crippen molar-refractivity contribution in [2.24, 2.45) is 5.73 Å². The van der Waals surface area contributed by atoms with Gasteiger partial charge in [-0.05, 0) is 12.6 Å². The van der Waals surface area contributed by atoms with E-state index >= 15 is 0 Å². The van der Waals surface area contributed by atoms with E-state index in [2.05, 4.69) is 0 Å². The van der Waals surface area contributed by atoms with E-state index < -0.39 is 0 Å². The van der Waals surface area contributed by atoms with Crippen molar-refractivity contribution >= 4 is 5.91 Å². The molecule has 10 heavy (non-hydrogen) atoms. The second kappa shape index (κ2) is 2.56. The van der Waals surface area contributed by atoms with Crippen molar-refractivity contribution in [2.75, 3.05) is 7.05 Å². The monoisotopic (exact) mass is 138 g/mol. The first-order chi connectivity index (χ1) is 4.70. The van der Waals surface area contributed by atoms with Crippen molar-refractivity contribution in [3.05, 3.63) is 24.0 Å². The zero-order chi connectivity index (χ0) is 7.56. The minimum absolute atomic E-state index is 0.337. The van der Waals surface area contributed by atoms with Gasteiger partial charge in [0.05, 0.1) is 0 Å². The maximum Gasteiger partial charge on any atom is 0.246 e. The fraction of sp³-hybridized carbons (Fsp3) is 0.286. The van der Waals surface area contributed by atoms with Gasteiger partial charge in [-0.15, -0.1) is 0 Å². The summed E-state index contributed by atoms with van der Waals surface area (Å²) in [7, 11) is 1.86. The highest BCUT2D eigenvalue weighted by molar-refractivity contribution is 5.92. The van der Waals surface area contributed by atoms with E-state index in [-0.39, 0.29) is 5.91 Å². The van der Waals surface area contributed by atoms with Crippen molar-refractivity contribution < 1.29 is 4.79 Å². The fourth-order valence-corrected chi connectivity index (χ4v) is 0.852. The fourth-order valence-electron chi connectivity index (χ4n) is 0.852. The van der Waals surface area contributed by atoms with Gasteiger partial charge in [0.15, 0.2) is 0 Å². The topological polar surface area (TPSA) is 46.3 Å². The molecule has 3 heteroatoms. The molecule has 2 N–H and O–H groups in total. The molecule has 0 aliphatic carbocycles. The molecule has 0 unspecified atom stereocenters. The van der Waals surface area contributed by atoms with E-state index in [1.54, 1.807) is 6.20 Å². The third-order valence-corrected chi connectivity index (χ3v) is 1.35. The van der Waals surface area contributed by atoms with Gasteiger partial charge in [0.2, 0.25) is 5.91 Å². The molecular weight excluding hydrogens is 128 g/mol. The quantitative estimate of drug-likeness (QED) is 0.562. The van der Waals surface area contributed by atoms with Crippen LogP contribution >= 0.6 is 0 Å². The zero-order valence-electron chi connectivity index (χ0n) is 5.87. The van der Waals surface area contributed by atoms with Gasteiger partial charge in [0.25, 0.3) is 0 Å². The zero-order valence-corrected chi connectivity index (χ0v) is 5.87. The van der Waals surface area contributed by atoms with Crippen LogP contribution in [0.5, 0.6) is 0 Å². The molecule has 1 heterocycles. The molecule has 0 aromatic rings. The Kier molecular flexibility index (Phi) is 1.76. The highest BCUT2D eigenvalue weighted by Crippen LogP contribution is 2.08. The smallest absolute Gasteiger partial charge is 0.246 e. The second-order valence-corrected chi connectivity index (χ2v) is 2.27. The normalized spacial score (nSPS) is 16.9. The van der Waals surface area contributed by atoms with Gasteiger partial charge >= 0.3 is 0 Å². The Morgan fingerprint density at radius 2 is 2.50 bits per heavy atom. The van der Waals surface area contributed by atoms with Crippen LogP contribution in [0.15, 0.2) is 24.0 Å². The Bertz CT molecular complexity index is 206. The number of nitrogens with zero attached hydrogens (tertiary/aromatic N) is 1. The molecule has 1 rings (SSSR count). The Labute approximate surface area is 59.8 Å². The predicted octanol–water partition coefficient (Wildman–Crippen LogP) is 0.205. The Morgan fingerprint density at radius 3 is 2.90 bits per heavy atom. The molecule has 0 radical (unpaired) electrons. The molecular formula is C7H10N2O. The van der Waals surface area contributed by atoms with Gasteiger partial charge in [-0.1, -0.05) is 6.08 Å². The van der Waals surface area contributed by atoms with Gasteiger partial charge in [-0.2, -0.15) is 0 Å². The highest BCUT2D eigenvalue weighted by atomic mass is 16.1. The van der Waals surface area contributed by atoms with Crippen LogP contribution in [-0.4, -0.2) is 17.9 Å². The summed E-state index contributed by atoms with van der Waals surface area (Å²) in [6, 6.07) is 0. The average molecular weight is 138 g/mol. The van der Waals surface area contributed by atoms with Crippen LogP contribution in [-0.2, 0) is 4.79 Å². The van der Waals surface area contributed by atoms with E-state index in [1.165, 1.54) is 0 Å². The number of primary amides is 1. The van der Waals surface area contributed by atoms with E-state index in [9.17, 15) is 4.79 Å². The third-order valence-electron chi connectivity index (χ3n) is 1.35. The molecule has 0 atom stereocenters. The predicted molar refractivity (Wildman–Crippen MR) is 38.8 cm³/mol. The van der Waals surface area contributed by atoms with Gasteiger partial charge in [-0.25, -0.2) is 0 Å². The lowest BCUT2D eigenvalue weighted by Crippen LogP contribution is -2.18. The summed E-state index contributed by atoms with van der Waals surface area (Å²) < 4.78 is 0. The number of amides is 1. The van der Waals surface area contributed by atoms with E-state index in [4.69, 9.17) is 5.73 Å². The summed E-state index contributed by atoms with van der Waals surface area (Å²) in [5.74, 6) is -0.337. The lowest BCUT2D eigenvalue weighted by atomic mass is 10.1. The standard InChI is InChI=1S/C7H10N2O/c1-9-4-2-3-6(5-9)7(8)10/h2,4-5H,3H2,1H3,(H2,8,10). The van der Waals surface area contributed by atoms with Crippen LogP contribution in [0.25, 0.3) is 0 Å². The average Bonchev–Trinajstić information content (AvgIpc) is 1.88. The molecule has 0 aromatic heterocycles. The van der Waals surface area contributed by atoms with Gasteiger partial charge in [0, 0.05) is 18.8 Å². The molecule has 1 aliphatic heterocycles. The van der Waals surface area contributed by atoms with Crippen molar-refractivity contribution in [2.45, 2.75) is 6.42 Å². The summed E-state index contributed by atoms with van der Waals surface area (Å²) in [4.78, 5) is 12.4. The number of carbonyl (C=O) groups is 1. The number of nitrogens with two attached hydrogens (primary N) is 1. The molecule has 0 bridgehead atoms. The van der Waals surface area contributed by atoms with E-state index in [0.717, 1.165) is 0 Å². The van der Waals surface area contributed by atoms with Crippen LogP contribution in [0.4, 0.5) is 0 Å². The molecule has 3 nitrogen and oxygen atoms in total. The maximum atomic E-state index is 10.6. The highest BCUT2D eigenvalue weighted by Gasteiger charge is 2.06. The van der Waals surface area contributed by atoms with Crippen molar-refractivity contribution in [3.8, 4) is 0 Å². The Balaban J connectivity index is 2.71. The Morgan fingerprint density at radius 1 is 1.80 bits per heavy atom. The van der Waals surface area contributed by atoms with Crippen LogP contribution in [0.1, 0.15) is 6.42 Å². The van der Waals surface area contributed by atoms with Crippen LogP contribution in [0, 0.1) is 0 Å². The summed E-state index contributed by atoms with van der Waals surface area (Å²) in [5, 5.41) is 0. The maximum absolute atomic E-state index is 10.6. The summed E-state index contributed by atoms with van der Waals surface area (Å²) in [6.45, 7) is 0. The number of rotatable bonds is 1. The molecule has 54 valence electrons. The van der Waals surface area contributed by atoms with Crippen molar-refractivity contribution in [1.82, 2.24) is 4.90 Å². The Hall–Kier alpha value is -1.25. The SMILES string of the molecule is CN1C=CCC(C(N)=O)=C1. The molecule has 1 amide bonds. The first-order valence-electron chi connectivity index (χ1n) is 3.09. The first kappa shape index (κ1) is 6.86. The summed E-state index contributed by atoms with van der Waals surface area (Å²) in [5.41, 5.74) is 5.72. The minimum Gasteiger partial charge on any atom is -0.366 e. The third kappa shape index (κ3) is 1.37. The summed E-state index contributed by atoms with van der Waals surface area (Å²) >= 11 is 0. The number of hydrogen-bond donors (Lipinski definition) is 1. The molecule has 0 saturated heterocycles. The number of allylic oxidation sites excluding steroid dienone is 1. The van der Waals surface area contributed by atoms with E-state index in [1.807, 2.05) is 24.2 Å². The number of carbonyl (C=O) groups excluding carboxylic acids is 1. The largest absolute Gasteiger partial charge is 0.366 e. The van der Waals surface area contributed by atoms with Gasteiger partial charge in [0.1, 0.15) is 0 Å². The van der Waals surface area contributed by atoms with E-state index in [0.29, 0.717) is 12.0 Å². The minimum atomic E-state index is -0.337. The molecule has 0 aromatic carbocycles. The molecule has 1 aliphatic rings. The van der Waals surface area contributed by atoms with Crippen molar-refractivity contribution in [1.29, 1.82) is 0 Å². The van der Waals surface area contributed by atoms with Crippen LogP contribution in [0.2, 0.25) is 0 Å². The lowest BCUT2D eigenvalue weighted by Gasteiger charge is -2.13. The lowest BCUT2D eigenvalue weighted by molar-refractivity contribution is -0.114. The van der Waals surface area contributed by atoms with Gasteiger partial charge < -0.3 is 10.6 Å². The van der Waals surface area contributed by atoms with Crippen molar-refractivity contribution in [3.63, 3.8) is 0 Å². The number of hydrogen-bond acceptors (Lipinski definition) is 2. The summed E-state index contributed by atoms with van der Waals surface area (Å²) in [6.07, 6.45) is 6.19. The van der Waals surface area contributed by atoms with Crippen LogP contribution < -0.4 is 5.73 Å². The van der Waals surface area contributed by atoms with Gasteiger partial charge in [-0.3, -0.25) is 4.79 Å².